The summed E-state index contributed by atoms with van der Waals surface area (Å²) >= 11 is 1.29. The molecule has 0 spiro atoms. The Labute approximate surface area is 579 Å². The van der Waals surface area contributed by atoms with Crippen LogP contribution < -0.4 is 72.0 Å². The zero-order valence-electron chi connectivity index (χ0n) is 58.1. The summed E-state index contributed by atoms with van der Waals surface area (Å²) in [5.41, 5.74) is 39.5. The van der Waals surface area contributed by atoms with E-state index in [1.807, 2.05) is 27.7 Å². The van der Waals surface area contributed by atoms with Gasteiger partial charge in [-0.3, -0.25) is 67.5 Å². The van der Waals surface area contributed by atoms with Crippen molar-refractivity contribution in [3.05, 3.63) is 29.8 Å². The quantitative estimate of drug-likeness (QED) is 0.0218. The van der Waals surface area contributed by atoms with Gasteiger partial charge in [0.05, 0.1) is 49.1 Å². The number of thioether (sulfide) groups is 1. The van der Waals surface area contributed by atoms with E-state index in [1.54, 1.807) is 13.2 Å². The Morgan fingerprint density at radius 1 is 0.480 bits per heavy atom. The number of carbonyl (C=O) groups is 12. The first-order chi connectivity index (χ1) is 46.2. The number of amides is 7. The number of phenolic OH excluding ortho intramolecular Hbond substituents is 1. The van der Waals surface area contributed by atoms with E-state index in [4.69, 9.17) is 40.1 Å². The van der Waals surface area contributed by atoms with Crippen LogP contribution in [0.25, 0.3) is 0 Å². The van der Waals surface area contributed by atoms with Crippen LogP contribution in [-0.2, 0) is 64.0 Å². The van der Waals surface area contributed by atoms with E-state index in [9.17, 15) is 78.0 Å². The number of guanidine groups is 2. The average Bonchev–Trinajstić information content (AvgIpc) is 0.880. The highest BCUT2D eigenvalue weighted by atomic mass is 32.2. The van der Waals surface area contributed by atoms with Crippen LogP contribution in [0.4, 0.5) is 0 Å². The first-order valence-corrected chi connectivity index (χ1v) is 35.1. The Morgan fingerprint density at radius 3 is 1.44 bits per heavy atom. The van der Waals surface area contributed by atoms with E-state index in [0.29, 0.717) is 31.4 Å². The number of aliphatic hydroxyl groups is 2. The average molecular weight is 1400 g/mol. The molecule has 554 valence electrons. The summed E-state index contributed by atoms with van der Waals surface area (Å²) in [6, 6.07) is -2.81. The number of Topliss-reactive ketones (excluding diaryl/α,β-unsaturated/α-hetero) is 4. The van der Waals surface area contributed by atoms with E-state index < -0.39 is 163 Å². The first kappa shape index (κ1) is 88.2. The number of aliphatic hydroxyl groups excluding tert-OH is 2. The number of ketones is 4. The Bertz CT molecular complexity index is 2780. The number of hydrogen-bond donors (Lipinski definition) is 17. The minimum Gasteiger partial charge on any atom is -0.508 e. The van der Waals surface area contributed by atoms with Crippen LogP contribution in [0.2, 0.25) is 0 Å². The molecule has 12 atom stereocenters. The largest absolute Gasteiger partial charge is 0.508 e. The molecule has 0 saturated carbocycles. The number of aliphatic imine (C=N–C) groups is 2. The second-order valence-corrected chi connectivity index (χ2v) is 26.9. The Morgan fingerprint density at radius 2 is 0.929 bits per heavy atom. The number of benzene rings is 1. The van der Waals surface area contributed by atoms with E-state index in [-0.39, 0.29) is 131 Å². The van der Waals surface area contributed by atoms with Gasteiger partial charge in [0.15, 0.2) is 29.3 Å². The number of rotatable bonds is 54. The topological polar surface area (TPSA) is 565 Å². The summed E-state index contributed by atoms with van der Waals surface area (Å²) < 4.78 is 0. The molecule has 0 aliphatic heterocycles. The molecule has 7 amide bonds. The third kappa shape index (κ3) is 36.1. The van der Waals surface area contributed by atoms with Gasteiger partial charge in [0, 0.05) is 62.9 Å². The van der Waals surface area contributed by atoms with E-state index in [1.165, 1.54) is 43.0 Å². The van der Waals surface area contributed by atoms with Crippen LogP contribution in [0.15, 0.2) is 34.3 Å². The van der Waals surface area contributed by atoms with Crippen molar-refractivity contribution in [2.24, 2.45) is 91.5 Å². The third-order valence-electron chi connectivity index (χ3n) is 16.4. The lowest BCUT2D eigenvalue weighted by molar-refractivity contribution is -0.142. The van der Waals surface area contributed by atoms with Crippen LogP contribution in [0.3, 0.4) is 0 Å². The van der Waals surface area contributed by atoms with Crippen LogP contribution in [0, 0.1) is 41.4 Å². The molecule has 0 aromatic heterocycles. The van der Waals surface area contributed by atoms with Crippen LogP contribution in [0.1, 0.15) is 163 Å². The van der Waals surface area contributed by atoms with Gasteiger partial charge in [-0.05, 0) is 132 Å². The predicted octanol–water partition coefficient (Wildman–Crippen LogP) is -0.675. The van der Waals surface area contributed by atoms with Crippen molar-refractivity contribution in [1.82, 2.24) is 31.9 Å². The molecule has 0 radical (unpaired) electrons. The summed E-state index contributed by atoms with van der Waals surface area (Å²) in [6.07, 6.45) is -0.0666. The maximum atomic E-state index is 14.6. The molecule has 98 heavy (non-hydrogen) atoms. The number of nitrogens with two attached hydrogens (primary N) is 7. The summed E-state index contributed by atoms with van der Waals surface area (Å²) in [4.78, 5) is 174. The van der Waals surface area contributed by atoms with Crippen LogP contribution >= 0.6 is 11.8 Å². The fraction of sp³-hybridized carbons (Fsp3) is 0.697. The molecule has 0 aliphatic rings. The molecule has 0 saturated heterocycles. The smallest absolute Gasteiger partial charge is 0.305 e. The number of carboxylic acids is 1. The van der Waals surface area contributed by atoms with Crippen molar-refractivity contribution in [2.45, 2.75) is 206 Å². The van der Waals surface area contributed by atoms with Gasteiger partial charge >= 0.3 is 5.97 Å². The zero-order chi connectivity index (χ0) is 74.2. The molecule has 1 rings (SSSR count). The molecule has 24 N–H and O–H groups in total. The number of aliphatic carboxylic acids is 1. The number of nitrogens with zero attached hydrogens (tertiary/aromatic N) is 2. The van der Waals surface area contributed by atoms with E-state index in [2.05, 4.69) is 41.9 Å². The number of hydrogen-bond acceptors (Lipinski definition) is 20. The number of primary amides is 1. The molecule has 0 aliphatic carbocycles. The standard InChI is InChI=1S/C66H113N15O16S/c1-37(2)28-43(32-53(85)39(5)14-8-10-23-67)60(93)76-47(16-12-25-74-65(70)71)54(86)33-44(36-82)61(94)77-48(22-27-98-7)56(88)34-46(40(6)83)62(95)79-50(35-57(89)90)55(87)31-42(15-9-11-24-68)59(92)81-52(30-41-18-20-45(84)21-19-41)64(97)78-49(17-13-26-75-66(72)73)63(96)80-51(58(69)91)29-38(3)4/h18-21,37-40,42-44,46-52,82-84H,8-17,22-36,67-68H2,1-7H3,(H2,69,91)(H,76,93)(H,77,94)(H,78,97)(H,79,95)(H,80,96)(H,81,92)(H,89,90)(H4,70,71,74)(H4,72,73,75)/t39-,40+,42+,43+,44-,46-,47-,48-,49-,50-,51-,52-/m0/s1. The number of aromatic hydroxyl groups is 1. The SMILES string of the molecule is CSCC[C@H](NC(=O)[C@H](CO)CC(=O)[C@H](CCCN=C(N)N)NC(=O)[C@@H](CC(=O)[C@@H](C)CCCCN)CC(C)C)C(=O)C[C@H](C(=O)N[C@@H](CC(=O)O)C(=O)C[C@@H](CCCCN)C(=O)N[C@@H](Cc1ccc(O)cc1)C(=O)N[C@@H](CCCN=C(N)N)C(=O)N[C@@H](CC(C)C)C(N)=O)[C@@H](C)O. The normalized spacial score (nSPS) is 15.0. The van der Waals surface area contributed by atoms with Gasteiger partial charge in [-0.2, -0.15) is 11.8 Å². The molecule has 0 bridgehead atoms. The van der Waals surface area contributed by atoms with Crippen molar-refractivity contribution in [3.63, 3.8) is 0 Å². The predicted molar refractivity (Wildman–Crippen MR) is 373 cm³/mol. The van der Waals surface area contributed by atoms with Gasteiger partial charge in [0.25, 0.3) is 0 Å². The first-order valence-electron chi connectivity index (χ1n) is 33.7. The highest BCUT2D eigenvalue weighted by Gasteiger charge is 2.38. The Hall–Kier alpha value is -7.81. The molecular formula is C66H113N15O16S. The number of phenols is 1. The molecule has 0 fully saturated rings. The minimum atomic E-state index is -1.87. The maximum absolute atomic E-state index is 14.6. The number of carboxylic acid groups (broad SMARTS) is 1. The van der Waals surface area contributed by atoms with Gasteiger partial charge in [0.2, 0.25) is 41.4 Å². The zero-order valence-corrected chi connectivity index (χ0v) is 58.9. The Balaban J connectivity index is 3.64. The summed E-state index contributed by atoms with van der Waals surface area (Å²) in [6.45, 7) is 10.2. The lowest BCUT2D eigenvalue weighted by atomic mass is 9.86. The fourth-order valence-electron chi connectivity index (χ4n) is 10.8. The summed E-state index contributed by atoms with van der Waals surface area (Å²) in [5, 5.41) is 57.4. The van der Waals surface area contributed by atoms with Crippen molar-refractivity contribution < 1.29 is 78.0 Å². The molecule has 31 nitrogen and oxygen atoms in total. The molecule has 1 aromatic rings. The molecule has 0 heterocycles. The number of unbranched alkanes of at least 4 members (excludes halogenated alkanes) is 2. The molecular weight excluding hydrogens is 1290 g/mol. The Kier molecular flexibility index (Phi) is 43.2. The third-order valence-corrected chi connectivity index (χ3v) is 17.1. The van der Waals surface area contributed by atoms with Gasteiger partial charge < -0.3 is 92.5 Å². The van der Waals surface area contributed by atoms with E-state index in [0.717, 1.165) is 12.8 Å². The molecule has 1 aromatic carbocycles. The monoisotopic (exact) mass is 1400 g/mol. The lowest BCUT2D eigenvalue weighted by Gasteiger charge is -2.27. The lowest BCUT2D eigenvalue weighted by Crippen LogP contribution is -2.57. The molecule has 32 heteroatoms. The van der Waals surface area contributed by atoms with Crippen molar-refractivity contribution in [3.8, 4) is 5.75 Å². The summed E-state index contributed by atoms with van der Waals surface area (Å²) in [5.74, 6) is -16.2. The van der Waals surface area contributed by atoms with Gasteiger partial charge in [0.1, 0.15) is 29.7 Å². The molecule has 0 unspecified atom stereocenters. The fourth-order valence-corrected chi connectivity index (χ4v) is 11.3. The second kappa shape index (κ2) is 48.0. The van der Waals surface area contributed by atoms with Crippen molar-refractivity contribution in [2.75, 3.05) is 44.8 Å². The van der Waals surface area contributed by atoms with Crippen LogP contribution in [-0.4, -0.2) is 190 Å². The van der Waals surface area contributed by atoms with Gasteiger partial charge in [-0.25, -0.2) is 0 Å². The highest BCUT2D eigenvalue weighted by molar-refractivity contribution is 7.98. The number of carbonyl (C=O) groups excluding carboxylic acids is 11. The highest BCUT2D eigenvalue weighted by Crippen LogP contribution is 2.24. The van der Waals surface area contributed by atoms with Gasteiger partial charge in [-0.1, -0.05) is 59.6 Å². The minimum absolute atomic E-state index is 0.00173. The van der Waals surface area contributed by atoms with Crippen LogP contribution in [0.5, 0.6) is 5.75 Å². The maximum Gasteiger partial charge on any atom is 0.305 e. The van der Waals surface area contributed by atoms with Gasteiger partial charge in [-0.15, -0.1) is 0 Å². The number of nitrogens with one attached hydrogen (secondary N) is 6. The van der Waals surface area contributed by atoms with E-state index >= 15 is 0 Å². The van der Waals surface area contributed by atoms with Crippen molar-refractivity contribution >= 4 is 94.1 Å². The summed E-state index contributed by atoms with van der Waals surface area (Å²) in [7, 11) is 0. The second-order valence-electron chi connectivity index (χ2n) is 25.9. The van der Waals surface area contributed by atoms with Crippen molar-refractivity contribution in [1.29, 1.82) is 0 Å².